The summed E-state index contributed by atoms with van der Waals surface area (Å²) in [4.78, 5) is 0. The molecule has 2 rings (SSSR count). The fourth-order valence-electron chi connectivity index (χ4n) is 3.05. The van der Waals surface area contributed by atoms with Gasteiger partial charge in [0.1, 0.15) is 11.5 Å². The fourth-order valence-corrected chi connectivity index (χ4v) is 3.05. The van der Waals surface area contributed by atoms with Gasteiger partial charge in [0, 0.05) is 6.07 Å². The Kier molecular flexibility index (Phi) is 4.20. The molecule has 0 saturated heterocycles. The molecule has 1 saturated carbocycles. The van der Waals surface area contributed by atoms with Gasteiger partial charge in [0.2, 0.25) is 0 Å². The summed E-state index contributed by atoms with van der Waals surface area (Å²) in [6.45, 7) is 2.12. The summed E-state index contributed by atoms with van der Waals surface area (Å²) < 4.78 is 10.4. The Morgan fingerprint density at radius 1 is 1.30 bits per heavy atom. The van der Waals surface area contributed by atoms with Gasteiger partial charge < -0.3 is 14.6 Å². The average molecular weight is 275 g/mol. The van der Waals surface area contributed by atoms with Gasteiger partial charge in [-0.05, 0) is 42.9 Å². The maximum atomic E-state index is 10.7. The lowest BCUT2D eigenvalue weighted by Gasteiger charge is -2.28. The average Bonchev–Trinajstić information content (AvgIpc) is 2.88. The molecule has 4 nitrogen and oxygen atoms in total. The monoisotopic (exact) mass is 275 g/mol. The molecule has 3 atom stereocenters. The van der Waals surface area contributed by atoms with Crippen LogP contribution in [0.4, 0.5) is 0 Å². The van der Waals surface area contributed by atoms with Crippen molar-refractivity contribution in [3.05, 3.63) is 23.8 Å². The zero-order chi connectivity index (χ0) is 14.8. The van der Waals surface area contributed by atoms with Crippen LogP contribution in [-0.2, 0) is 0 Å². The van der Waals surface area contributed by atoms with E-state index in [9.17, 15) is 10.4 Å². The molecule has 3 unspecified atom stereocenters. The van der Waals surface area contributed by atoms with Crippen LogP contribution in [-0.4, -0.2) is 19.3 Å². The maximum Gasteiger partial charge on any atom is 0.122 e. The minimum Gasteiger partial charge on any atom is -0.497 e. The first-order chi connectivity index (χ1) is 9.54. The van der Waals surface area contributed by atoms with Crippen LogP contribution < -0.4 is 9.47 Å². The molecule has 1 aliphatic rings. The topological polar surface area (TPSA) is 62.5 Å². The highest BCUT2D eigenvalue weighted by molar-refractivity contribution is 5.40. The Bertz CT molecular complexity index is 501. The van der Waals surface area contributed by atoms with E-state index < -0.39 is 11.5 Å². The van der Waals surface area contributed by atoms with E-state index in [1.807, 2.05) is 0 Å². The smallest absolute Gasteiger partial charge is 0.122 e. The second-order valence-electron chi connectivity index (χ2n) is 5.66. The van der Waals surface area contributed by atoms with E-state index >= 15 is 0 Å². The van der Waals surface area contributed by atoms with Crippen molar-refractivity contribution in [2.45, 2.75) is 32.3 Å². The minimum atomic E-state index is -0.818. The van der Waals surface area contributed by atoms with Crippen LogP contribution in [0.5, 0.6) is 11.5 Å². The molecule has 0 radical (unpaired) electrons. The molecule has 0 bridgehead atoms. The first kappa shape index (κ1) is 14.7. The number of hydrogen-bond acceptors (Lipinski definition) is 4. The van der Waals surface area contributed by atoms with Gasteiger partial charge in [0.15, 0.2) is 0 Å². The number of aliphatic hydroxyl groups excluding tert-OH is 1. The lowest BCUT2D eigenvalue weighted by molar-refractivity contribution is 0.0643. The van der Waals surface area contributed by atoms with Crippen molar-refractivity contribution < 1.29 is 14.6 Å². The normalized spacial score (nSPS) is 26.9. The van der Waals surface area contributed by atoms with Crippen molar-refractivity contribution in [3.63, 3.8) is 0 Å². The summed E-state index contributed by atoms with van der Waals surface area (Å²) in [5, 5.41) is 20.2. The third-order valence-corrected chi connectivity index (χ3v) is 4.23. The summed E-state index contributed by atoms with van der Waals surface area (Å²) in [6.07, 6.45) is 1.61. The molecular weight excluding hydrogens is 254 g/mol. The van der Waals surface area contributed by atoms with E-state index in [0.29, 0.717) is 23.0 Å². The molecule has 0 heterocycles. The largest absolute Gasteiger partial charge is 0.497 e. The van der Waals surface area contributed by atoms with Crippen LogP contribution in [0.15, 0.2) is 18.2 Å². The van der Waals surface area contributed by atoms with Crippen LogP contribution in [0.1, 0.15) is 37.9 Å². The van der Waals surface area contributed by atoms with Crippen molar-refractivity contribution >= 4 is 0 Å². The van der Waals surface area contributed by atoms with Gasteiger partial charge in [0.05, 0.1) is 31.8 Å². The highest BCUT2D eigenvalue weighted by Crippen LogP contribution is 2.50. The predicted octanol–water partition coefficient (Wildman–Crippen LogP) is 3.07. The number of benzene rings is 1. The minimum absolute atomic E-state index is 0.469. The lowest BCUT2D eigenvalue weighted by Crippen LogP contribution is -2.24. The number of aliphatic hydroxyl groups is 1. The molecule has 0 aromatic heterocycles. The zero-order valence-electron chi connectivity index (χ0n) is 12.2. The molecule has 0 spiro atoms. The molecule has 1 N–H and O–H groups in total. The quantitative estimate of drug-likeness (QED) is 0.917. The number of ether oxygens (including phenoxy) is 2. The molecule has 1 aromatic carbocycles. The molecule has 1 aromatic rings. The predicted molar refractivity (Wildman–Crippen MR) is 75.6 cm³/mol. The Labute approximate surface area is 119 Å². The summed E-state index contributed by atoms with van der Waals surface area (Å²) in [5.74, 6) is 1.71. The van der Waals surface area contributed by atoms with E-state index in [1.54, 1.807) is 32.4 Å². The first-order valence-electron chi connectivity index (χ1n) is 6.87. The van der Waals surface area contributed by atoms with E-state index in [1.165, 1.54) is 0 Å². The van der Waals surface area contributed by atoms with Crippen molar-refractivity contribution in [1.29, 1.82) is 5.26 Å². The van der Waals surface area contributed by atoms with Gasteiger partial charge in [-0.1, -0.05) is 6.92 Å². The van der Waals surface area contributed by atoms with E-state index in [2.05, 4.69) is 13.0 Å². The first-order valence-corrected chi connectivity index (χ1v) is 6.87. The van der Waals surface area contributed by atoms with Crippen molar-refractivity contribution in [2.75, 3.05) is 14.2 Å². The van der Waals surface area contributed by atoms with E-state index in [-0.39, 0.29) is 0 Å². The number of hydrogen-bond donors (Lipinski definition) is 1. The fraction of sp³-hybridized carbons (Fsp3) is 0.562. The van der Waals surface area contributed by atoms with Gasteiger partial charge in [-0.25, -0.2) is 0 Å². The van der Waals surface area contributed by atoms with E-state index in [4.69, 9.17) is 9.47 Å². The molecule has 4 heteroatoms. The maximum absolute atomic E-state index is 10.7. The van der Waals surface area contributed by atoms with Crippen LogP contribution in [0.2, 0.25) is 0 Å². The lowest BCUT2D eigenvalue weighted by atomic mass is 9.78. The Hall–Kier alpha value is -1.73. The number of rotatable bonds is 4. The molecular formula is C16H21NO3. The molecule has 1 fully saturated rings. The van der Waals surface area contributed by atoms with Gasteiger partial charge >= 0.3 is 0 Å². The summed E-state index contributed by atoms with van der Waals surface area (Å²) in [6, 6.07) is 7.65. The Morgan fingerprint density at radius 2 is 1.90 bits per heavy atom. The van der Waals surface area contributed by atoms with Crippen LogP contribution in [0, 0.1) is 22.7 Å². The highest BCUT2D eigenvalue weighted by atomic mass is 16.5. The molecule has 108 valence electrons. The van der Waals surface area contributed by atoms with Crippen LogP contribution in [0.3, 0.4) is 0 Å². The summed E-state index contributed by atoms with van der Waals surface area (Å²) in [5.41, 5.74) is -0.0200. The summed E-state index contributed by atoms with van der Waals surface area (Å²) >= 11 is 0. The number of nitrogens with zero attached hydrogens (tertiary/aromatic N) is 1. The van der Waals surface area contributed by atoms with Gasteiger partial charge in [-0.3, -0.25) is 0 Å². The molecule has 20 heavy (non-hydrogen) atoms. The van der Waals surface area contributed by atoms with E-state index in [0.717, 1.165) is 19.3 Å². The van der Waals surface area contributed by atoms with Crippen molar-refractivity contribution in [3.8, 4) is 17.6 Å². The second kappa shape index (κ2) is 5.72. The molecule has 1 aliphatic carbocycles. The number of methoxy groups -OCH3 is 2. The third kappa shape index (κ3) is 2.59. The van der Waals surface area contributed by atoms with Crippen LogP contribution in [0.25, 0.3) is 0 Å². The Morgan fingerprint density at radius 3 is 2.30 bits per heavy atom. The third-order valence-electron chi connectivity index (χ3n) is 4.23. The van der Waals surface area contributed by atoms with Gasteiger partial charge in [-0.15, -0.1) is 0 Å². The molecule has 0 aliphatic heterocycles. The second-order valence-corrected chi connectivity index (χ2v) is 5.66. The highest BCUT2D eigenvalue weighted by Gasteiger charge is 2.44. The van der Waals surface area contributed by atoms with Crippen molar-refractivity contribution in [1.82, 2.24) is 0 Å². The Balaban J connectivity index is 2.37. The summed E-state index contributed by atoms with van der Waals surface area (Å²) in [7, 11) is 3.14. The molecule has 0 amide bonds. The van der Waals surface area contributed by atoms with Gasteiger partial charge in [-0.2, -0.15) is 5.26 Å². The van der Waals surface area contributed by atoms with Gasteiger partial charge in [0.25, 0.3) is 0 Å². The standard InChI is InChI=1S/C16H21NO3/c1-11-4-5-16(9-11,10-17)15(18)12-6-13(19-2)8-14(7-12)20-3/h6-8,11,15,18H,4-5,9H2,1-3H3. The van der Waals surface area contributed by atoms with Crippen molar-refractivity contribution in [2.24, 2.45) is 11.3 Å². The number of nitriles is 1. The van der Waals surface area contributed by atoms with Crippen LogP contribution >= 0.6 is 0 Å². The SMILES string of the molecule is COc1cc(OC)cc(C(O)C2(C#N)CCC(C)C2)c1. The zero-order valence-corrected chi connectivity index (χ0v) is 12.2.